The minimum absolute atomic E-state index is 0.167. The van der Waals surface area contributed by atoms with Crippen LogP contribution in [-0.4, -0.2) is 22.7 Å². The van der Waals surface area contributed by atoms with Gasteiger partial charge in [0.1, 0.15) is 0 Å². The molecular formula is C19H18ClN3O2S. The predicted molar refractivity (Wildman–Crippen MR) is 101 cm³/mol. The van der Waals surface area contributed by atoms with Crippen molar-refractivity contribution in [1.29, 1.82) is 0 Å². The van der Waals surface area contributed by atoms with Gasteiger partial charge in [0.15, 0.2) is 0 Å². The lowest BCUT2D eigenvalue weighted by molar-refractivity contribution is 0.400. The van der Waals surface area contributed by atoms with Gasteiger partial charge in [-0.15, -0.1) is 0 Å². The van der Waals surface area contributed by atoms with Crippen molar-refractivity contribution in [2.75, 3.05) is 0 Å². The summed E-state index contributed by atoms with van der Waals surface area (Å²) in [6.45, 7) is 2.24. The summed E-state index contributed by atoms with van der Waals surface area (Å²) in [5, 5.41) is 0.425. The lowest BCUT2D eigenvalue weighted by atomic mass is 10.2. The van der Waals surface area contributed by atoms with Crippen LogP contribution < -0.4 is 0 Å². The predicted octanol–water partition coefficient (Wildman–Crippen LogP) is 3.83. The van der Waals surface area contributed by atoms with Crippen LogP contribution in [0.1, 0.15) is 16.7 Å². The molecule has 0 N–H and O–H groups in total. The maximum Gasteiger partial charge on any atom is 0.243 e. The van der Waals surface area contributed by atoms with Crippen molar-refractivity contribution in [2.24, 2.45) is 0 Å². The molecule has 1 aromatic carbocycles. The van der Waals surface area contributed by atoms with Gasteiger partial charge >= 0.3 is 0 Å². The fourth-order valence-electron chi connectivity index (χ4n) is 2.50. The Kier molecular flexibility index (Phi) is 5.66. The van der Waals surface area contributed by atoms with E-state index in [2.05, 4.69) is 9.97 Å². The van der Waals surface area contributed by atoms with E-state index in [-0.39, 0.29) is 18.0 Å². The molecule has 0 radical (unpaired) electrons. The molecule has 0 saturated heterocycles. The average Bonchev–Trinajstić information content (AvgIpc) is 2.65. The van der Waals surface area contributed by atoms with Gasteiger partial charge in [0.05, 0.1) is 4.90 Å². The van der Waals surface area contributed by atoms with Gasteiger partial charge in [-0.1, -0.05) is 29.8 Å². The highest BCUT2D eigenvalue weighted by Gasteiger charge is 2.25. The highest BCUT2D eigenvalue weighted by atomic mass is 35.5. The van der Waals surface area contributed by atoms with Crippen LogP contribution in [0.2, 0.25) is 5.02 Å². The smallest absolute Gasteiger partial charge is 0.243 e. The van der Waals surface area contributed by atoms with Gasteiger partial charge in [-0.2, -0.15) is 4.31 Å². The molecule has 0 aliphatic rings. The molecule has 5 nitrogen and oxygen atoms in total. The number of pyridine rings is 2. The molecule has 134 valence electrons. The van der Waals surface area contributed by atoms with Crippen LogP contribution in [0, 0.1) is 6.92 Å². The molecule has 0 unspecified atom stereocenters. The number of halogens is 1. The van der Waals surface area contributed by atoms with Gasteiger partial charge in [-0.05, 0) is 47.9 Å². The SMILES string of the molecule is Cc1ccc(S(=O)(=O)N(Cc2cccnc2)Cc2cccnc2)cc1Cl. The number of sulfonamides is 1. The van der Waals surface area contributed by atoms with Crippen LogP contribution in [0.15, 0.2) is 72.1 Å². The molecule has 2 heterocycles. The molecule has 0 amide bonds. The maximum absolute atomic E-state index is 13.2. The zero-order valence-corrected chi connectivity index (χ0v) is 15.8. The quantitative estimate of drug-likeness (QED) is 0.644. The molecule has 0 fully saturated rings. The van der Waals surface area contributed by atoms with Crippen LogP contribution in [0.3, 0.4) is 0 Å². The van der Waals surface area contributed by atoms with Crippen molar-refractivity contribution >= 4 is 21.6 Å². The summed E-state index contributed by atoms with van der Waals surface area (Å²) in [4.78, 5) is 8.31. The van der Waals surface area contributed by atoms with Crippen LogP contribution >= 0.6 is 11.6 Å². The molecule has 0 aliphatic heterocycles. The fraction of sp³-hybridized carbons (Fsp3) is 0.158. The summed E-state index contributed by atoms with van der Waals surface area (Å²) in [6.07, 6.45) is 6.63. The van der Waals surface area contributed by atoms with Crippen molar-refractivity contribution < 1.29 is 8.42 Å². The second-order valence-corrected chi connectivity index (χ2v) is 8.25. The Morgan fingerprint density at radius 3 is 2.00 bits per heavy atom. The summed E-state index contributed by atoms with van der Waals surface area (Å²) >= 11 is 6.14. The van der Waals surface area contributed by atoms with Crippen molar-refractivity contribution in [3.05, 3.63) is 89.0 Å². The Morgan fingerprint density at radius 2 is 1.54 bits per heavy atom. The molecule has 0 atom stereocenters. The van der Waals surface area contributed by atoms with E-state index in [1.54, 1.807) is 49.1 Å². The molecule has 0 aliphatic carbocycles. The lowest BCUT2D eigenvalue weighted by Gasteiger charge is -2.22. The van der Waals surface area contributed by atoms with E-state index in [0.717, 1.165) is 16.7 Å². The summed E-state index contributed by atoms with van der Waals surface area (Å²) in [5.41, 5.74) is 2.44. The molecule has 0 spiro atoms. The number of aryl methyl sites for hydroxylation is 1. The lowest BCUT2D eigenvalue weighted by Crippen LogP contribution is -2.30. The number of hydrogen-bond acceptors (Lipinski definition) is 4. The molecule has 26 heavy (non-hydrogen) atoms. The Labute approximate surface area is 158 Å². The van der Waals surface area contributed by atoms with Crippen molar-refractivity contribution in [2.45, 2.75) is 24.9 Å². The van der Waals surface area contributed by atoms with Crippen LogP contribution in [0.5, 0.6) is 0 Å². The largest absolute Gasteiger partial charge is 0.264 e. The van der Waals surface area contributed by atoms with Crippen molar-refractivity contribution in [3.63, 3.8) is 0 Å². The number of hydrogen-bond donors (Lipinski definition) is 0. The third-order valence-corrected chi connectivity index (χ3v) is 6.14. The molecule has 0 bridgehead atoms. The highest BCUT2D eigenvalue weighted by Crippen LogP contribution is 2.25. The standard InChI is InChI=1S/C19H18ClN3O2S/c1-15-6-7-18(10-19(15)20)26(24,25)23(13-16-4-2-8-21-11-16)14-17-5-3-9-22-12-17/h2-12H,13-14H2,1H3. The first kappa shape index (κ1) is 18.5. The number of benzene rings is 1. The van der Waals surface area contributed by atoms with Crippen LogP contribution in [0.25, 0.3) is 0 Å². The van der Waals surface area contributed by atoms with Gasteiger partial charge in [0, 0.05) is 42.9 Å². The van der Waals surface area contributed by atoms with Gasteiger partial charge in [0.25, 0.3) is 0 Å². The Balaban J connectivity index is 1.99. The van der Waals surface area contributed by atoms with E-state index < -0.39 is 10.0 Å². The Bertz CT molecular complexity index is 939. The fourth-order valence-corrected chi connectivity index (χ4v) is 4.19. The van der Waals surface area contributed by atoms with E-state index in [1.807, 2.05) is 19.1 Å². The minimum atomic E-state index is -3.74. The second kappa shape index (κ2) is 7.95. The average molecular weight is 388 g/mol. The van der Waals surface area contributed by atoms with Gasteiger partial charge in [-0.25, -0.2) is 8.42 Å². The number of aromatic nitrogens is 2. The number of nitrogens with zero attached hydrogens (tertiary/aromatic N) is 3. The normalized spacial score (nSPS) is 11.7. The van der Waals surface area contributed by atoms with Gasteiger partial charge in [-0.3, -0.25) is 9.97 Å². The van der Waals surface area contributed by atoms with Crippen LogP contribution in [-0.2, 0) is 23.1 Å². The minimum Gasteiger partial charge on any atom is -0.264 e. The Morgan fingerprint density at radius 1 is 0.962 bits per heavy atom. The first-order valence-electron chi connectivity index (χ1n) is 8.01. The third kappa shape index (κ3) is 4.27. The van der Waals surface area contributed by atoms with E-state index in [4.69, 9.17) is 11.6 Å². The van der Waals surface area contributed by atoms with E-state index >= 15 is 0 Å². The topological polar surface area (TPSA) is 63.2 Å². The van der Waals surface area contributed by atoms with Gasteiger partial charge in [0.2, 0.25) is 10.0 Å². The first-order valence-corrected chi connectivity index (χ1v) is 9.83. The third-order valence-electron chi connectivity index (χ3n) is 3.94. The van der Waals surface area contributed by atoms with Crippen molar-refractivity contribution in [3.8, 4) is 0 Å². The molecule has 7 heteroatoms. The maximum atomic E-state index is 13.2. The molecule has 3 aromatic rings. The number of rotatable bonds is 6. The summed E-state index contributed by atoms with van der Waals surface area (Å²) in [7, 11) is -3.74. The van der Waals surface area contributed by atoms with Gasteiger partial charge < -0.3 is 0 Å². The summed E-state index contributed by atoms with van der Waals surface area (Å²) < 4.78 is 27.9. The second-order valence-electron chi connectivity index (χ2n) is 5.91. The van der Waals surface area contributed by atoms with E-state index in [9.17, 15) is 8.42 Å². The molecule has 2 aromatic heterocycles. The zero-order valence-electron chi connectivity index (χ0n) is 14.2. The molecule has 0 saturated carbocycles. The highest BCUT2D eigenvalue weighted by molar-refractivity contribution is 7.89. The van der Waals surface area contributed by atoms with E-state index in [0.29, 0.717) is 5.02 Å². The summed E-state index contributed by atoms with van der Waals surface area (Å²) in [6, 6.07) is 12.0. The molecular weight excluding hydrogens is 370 g/mol. The monoisotopic (exact) mass is 387 g/mol. The van der Waals surface area contributed by atoms with Crippen molar-refractivity contribution in [1.82, 2.24) is 14.3 Å². The van der Waals surface area contributed by atoms with Crippen LogP contribution in [0.4, 0.5) is 0 Å². The first-order chi connectivity index (χ1) is 12.5. The van der Waals surface area contributed by atoms with E-state index in [1.165, 1.54) is 10.4 Å². The molecule has 3 rings (SSSR count). The zero-order chi connectivity index (χ0) is 18.6. The Hall–Kier alpha value is -2.28. The summed E-state index contributed by atoms with van der Waals surface area (Å²) in [5.74, 6) is 0.